The molecule has 0 saturated heterocycles. The average molecular weight is 181 g/mol. The summed E-state index contributed by atoms with van der Waals surface area (Å²) in [5.41, 5.74) is 8.96. The van der Waals surface area contributed by atoms with Gasteiger partial charge in [-0.15, -0.1) is 0 Å². The maximum Gasteiger partial charge on any atom is 0.0346 e. The number of nitrogens with two attached hydrogens (primary N) is 1. The summed E-state index contributed by atoms with van der Waals surface area (Å²) in [6.45, 7) is 12.1. The molecule has 0 atom stereocenters. The molecule has 0 spiro atoms. The Morgan fingerprint density at radius 1 is 0.923 bits per heavy atom. The fraction of sp³-hybridized carbons (Fsp3) is 0.500. The van der Waals surface area contributed by atoms with Crippen molar-refractivity contribution in [3.63, 3.8) is 0 Å². The molecule has 13 heavy (non-hydrogen) atoms. The van der Waals surface area contributed by atoms with Crippen molar-refractivity contribution in [1.29, 1.82) is 0 Å². The highest BCUT2D eigenvalue weighted by atomic mass is 14.5. The van der Waals surface area contributed by atoms with Gasteiger partial charge in [0.25, 0.3) is 0 Å². The normalized spacial score (nSPS) is 7.54. The largest absolute Gasteiger partial charge is 0.399 e. The van der Waals surface area contributed by atoms with Crippen molar-refractivity contribution in [3.8, 4) is 0 Å². The Hall–Kier alpha value is -0.980. The zero-order valence-corrected chi connectivity index (χ0v) is 9.81. The highest BCUT2D eigenvalue weighted by molar-refractivity contribution is 5.49. The van der Waals surface area contributed by atoms with Gasteiger partial charge in [-0.2, -0.15) is 0 Å². The number of rotatable bonds is 0. The number of nitrogen functional groups attached to an aromatic ring is 1. The molecule has 0 radical (unpaired) electrons. The molecule has 0 aliphatic heterocycles. The fourth-order valence-corrected chi connectivity index (χ4v) is 0.774. The molecule has 0 aliphatic carbocycles. The zero-order chi connectivity index (χ0) is 10.9. The SMILES string of the molecule is CC.CC.Cc1cccc(N)c1C. The van der Waals surface area contributed by atoms with Crippen molar-refractivity contribution in [1.82, 2.24) is 0 Å². The Morgan fingerprint density at radius 3 is 1.69 bits per heavy atom. The molecule has 1 heteroatoms. The van der Waals surface area contributed by atoms with Crippen molar-refractivity contribution >= 4 is 5.69 Å². The van der Waals surface area contributed by atoms with Crippen molar-refractivity contribution in [2.24, 2.45) is 0 Å². The van der Waals surface area contributed by atoms with Crippen LogP contribution in [0.2, 0.25) is 0 Å². The van der Waals surface area contributed by atoms with Gasteiger partial charge < -0.3 is 5.73 Å². The lowest BCUT2D eigenvalue weighted by atomic mass is 10.1. The molecule has 0 aromatic heterocycles. The molecule has 0 amide bonds. The van der Waals surface area contributed by atoms with E-state index in [2.05, 4.69) is 13.0 Å². The molecule has 1 rings (SSSR count). The first-order chi connectivity index (χ1) is 6.22. The lowest BCUT2D eigenvalue weighted by Crippen LogP contribution is -1.90. The highest BCUT2D eigenvalue weighted by Gasteiger charge is 1.92. The second kappa shape index (κ2) is 9.11. The number of benzene rings is 1. The molecule has 1 aromatic rings. The van der Waals surface area contributed by atoms with Gasteiger partial charge in [-0.25, -0.2) is 0 Å². The average Bonchev–Trinajstić information content (AvgIpc) is 2.20. The van der Waals surface area contributed by atoms with E-state index in [1.807, 2.05) is 46.8 Å². The molecular weight excluding hydrogens is 158 g/mol. The molecule has 1 aromatic carbocycles. The van der Waals surface area contributed by atoms with Gasteiger partial charge in [0, 0.05) is 5.69 Å². The number of aryl methyl sites for hydroxylation is 1. The first kappa shape index (κ1) is 14.5. The summed E-state index contributed by atoms with van der Waals surface area (Å²) in [5, 5.41) is 0. The molecule has 2 N–H and O–H groups in total. The number of anilines is 1. The number of hydrogen-bond donors (Lipinski definition) is 1. The lowest BCUT2D eigenvalue weighted by molar-refractivity contribution is 1.35. The van der Waals surface area contributed by atoms with Crippen LogP contribution in [0.3, 0.4) is 0 Å². The van der Waals surface area contributed by atoms with Gasteiger partial charge in [0.15, 0.2) is 0 Å². The summed E-state index contributed by atoms with van der Waals surface area (Å²) in [4.78, 5) is 0. The second-order valence-corrected chi connectivity index (χ2v) is 2.29. The Bertz CT molecular complexity index is 196. The standard InChI is InChI=1S/C8H11N.2C2H6/c1-6-4-3-5-8(9)7(6)2;2*1-2/h3-5H,9H2,1-2H3;2*1-2H3. The summed E-state index contributed by atoms with van der Waals surface area (Å²) >= 11 is 0. The van der Waals surface area contributed by atoms with Gasteiger partial charge >= 0.3 is 0 Å². The van der Waals surface area contributed by atoms with Crippen molar-refractivity contribution < 1.29 is 0 Å². The van der Waals surface area contributed by atoms with E-state index in [9.17, 15) is 0 Å². The molecule has 0 heterocycles. The predicted octanol–water partition coefficient (Wildman–Crippen LogP) is 3.94. The Kier molecular flexibility index (Phi) is 10.2. The van der Waals surface area contributed by atoms with E-state index in [1.54, 1.807) is 0 Å². The first-order valence-electron chi connectivity index (χ1n) is 5.03. The minimum atomic E-state index is 0.884. The van der Waals surface area contributed by atoms with E-state index in [0.717, 1.165) is 5.69 Å². The molecule has 0 fully saturated rings. The third-order valence-electron chi connectivity index (χ3n) is 1.65. The fourth-order valence-electron chi connectivity index (χ4n) is 0.774. The van der Waals surface area contributed by atoms with Crippen molar-refractivity contribution in [2.75, 3.05) is 5.73 Å². The maximum absolute atomic E-state index is 5.62. The van der Waals surface area contributed by atoms with Crippen LogP contribution in [0.5, 0.6) is 0 Å². The Balaban J connectivity index is 0. The lowest BCUT2D eigenvalue weighted by Gasteiger charge is -2.00. The van der Waals surface area contributed by atoms with Crippen LogP contribution in [0.15, 0.2) is 18.2 Å². The summed E-state index contributed by atoms with van der Waals surface area (Å²) in [6.07, 6.45) is 0. The predicted molar refractivity (Wildman–Crippen MR) is 63.0 cm³/mol. The van der Waals surface area contributed by atoms with E-state index >= 15 is 0 Å². The molecule has 0 bridgehead atoms. The first-order valence-corrected chi connectivity index (χ1v) is 5.03. The van der Waals surface area contributed by atoms with E-state index in [4.69, 9.17) is 5.73 Å². The van der Waals surface area contributed by atoms with Crippen LogP contribution in [0.25, 0.3) is 0 Å². The quantitative estimate of drug-likeness (QED) is 0.603. The highest BCUT2D eigenvalue weighted by Crippen LogP contribution is 2.13. The Labute approximate surface area is 83.0 Å². The van der Waals surface area contributed by atoms with Gasteiger partial charge in [-0.3, -0.25) is 0 Å². The van der Waals surface area contributed by atoms with Crippen molar-refractivity contribution in [2.45, 2.75) is 41.5 Å². The van der Waals surface area contributed by atoms with Gasteiger partial charge in [0.1, 0.15) is 0 Å². The second-order valence-electron chi connectivity index (χ2n) is 2.29. The van der Waals surface area contributed by atoms with Crippen LogP contribution in [0, 0.1) is 13.8 Å². The topological polar surface area (TPSA) is 26.0 Å². The number of hydrogen-bond acceptors (Lipinski definition) is 1. The third-order valence-corrected chi connectivity index (χ3v) is 1.65. The van der Waals surface area contributed by atoms with Gasteiger partial charge in [0.2, 0.25) is 0 Å². The van der Waals surface area contributed by atoms with Gasteiger partial charge in [0.05, 0.1) is 0 Å². The molecule has 76 valence electrons. The van der Waals surface area contributed by atoms with E-state index in [1.165, 1.54) is 11.1 Å². The van der Waals surface area contributed by atoms with E-state index in [-0.39, 0.29) is 0 Å². The van der Waals surface area contributed by atoms with Crippen LogP contribution in [-0.4, -0.2) is 0 Å². The minimum absolute atomic E-state index is 0.884. The maximum atomic E-state index is 5.62. The third kappa shape index (κ3) is 5.29. The molecule has 0 aliphatic rings. The van der Waals surface area contributed by atoms with E-state index < -0.39 is 0 Å². The molecule has 1 nitrogen and oxygen atoms in total. The smallest absolute Gasteiger partial charge is 0.0346 e. The zero-order valence-electron chi connectivity index (χ0n) is 9.81. The summed E-state index contributed by atoms with van der Waals surface area (Å²) in [5.74, 6) is 0. The summed E-state index contributed by atoms with van der Waals surface area (Å²) in [6, 6.07) is 5.95. The van der Waals surface area contributed by atoms with Gasteiger partial charge in [-0.05, 0) is 31.0 Å². The van der Waals surface area contributed by atoms with Crippen molar-refractivity contribution in [3.05, 3.63) is 29.3 Å². The van der Waals surface area contributed by atoms with Crippen LogP contribution in [0.4, 0.5) is 5.69 Å². The monoisotopic (exact) mass is 181 g/mol. The molecule has 0 unspecified atom stereocenters. The Morgan fingerprint density at radius 2 is 1.38 bits per heavy atom. The van der Waals surface area contributed by atoms with Crippen LogP contribution in [-0.2, 0) is 0 Å². The van der Waals surface area contributed by atoms with Gasteiger partial charge in [-0.1, -0.05) is 39.8 Å². The summed E-state index contributed by atoms with van der Waals surface area (Å²) in [7, 11) is 0. The van der Waals surface area contributed by atoms with Crippen LogP contribution < -0.4 is 5.73 Å². The minimum Gasteiger partial charge on any atom is -0.399 e. The van der Waals surface area contributed by atoms with Crippen LogP contribution in [0.1, 0.15) is 38.8 Å². The summed E-state index contributed by atoms with van der Waals surface area (Å²) < 4.78 is 0. The van der Waals surface area contributed by atoms with Crippen LogP contribution >= 0.6 is 0 Å². The van der Waals surface area contributed by atoms with E-state index in [0.29, 0.717) is 0 Å². The molecular formula is C12H23N. The molecule has 0 saturated carbocycles.